The SMILES string of the molecule is COc1ccc(C)cc1NCc1nnc(-c2ccccc2Br)o1. The second-order valence-corrected chi connectivity index (χ2v) is 5.89. The molecule has 6 heteroatoms. The van der Waals surface area contributed by atoms with Gasteiger partial charge >= 0.3 is 0 Å². The molecule has 5 nitrogen and oxygen atoms in total. The number of benzene rings is 2. The van der Waals surface area contributed by atoms with Crippen LogP contribution in [0.5, 0.6) is 5.75 Å². The van der Waals surface area contributed by atoms with Crippen LogP contribution in [-0.4, -0.2) is 17.3 Å². The highest BCUT2D eigenvalue weighted by molar-refractivity contribution is 9.10. The molecule has 0 fully saturated rings. The van der Waals surface area contributed by atoms with Crippen molar-refractivity contribution in [2.24, 2.45) is 0 Å². The zero-order chi connectivity index (χ0) is 16.2. The number of anilines is 1. The number of aryl methyl sites for hydroxylation is 1. The first-order chi connectivity index (χ1) is 11.2. The largest absolute Gasteiger partial charge is 0.495 e. The fourth-order valence-electron chi connectivity index (χ4n) is 2.20. The van der Waals surface area contributed by atoms with Crippen LogP contribution in [0, 0.1) is 6.92 Å². The van der Waals surface area contributed by atoms with E-state index in [1.807, 2.05) is 49.4 Å². The van der Waals surface area contributed by atoms with Crippen LogP contribution in [0.4, 0.5) is 5.69 Å². The van der Waals surface area contributed by atoms with Gasteiger partial charge in [-0.2, -0.15) is 0 Å². The van der Waals surface area contributed by atoms with Crippen molar-refractivity contribution >= 4 is 21.6 Å². The second-order valence-electron chi connectivity index (χ2n) is 5.04. The molecule has 3 aromatic rings. The standard InChI is InChI=1S/C17H16BrN3O2/c1-11-7-8-15(22-2)14(9-11)19-10-16-20-21-17(23-16)12-5-3-4-6-13(12)18/h3-9,19H,10H2,1-2H3. The number of nitrogens with zero attached hydrogens (tertiary/aromatic N) is 2. The summed E-state index contributed by atoms with van der Waals surface area (Å²) in [5.74, 6) is 1.78. The highest BCUT2D eigenvalue weighted by atomic mass is 79.9. The summed E-state index contributed by atoms with van der Waals surface area (Å²) < 4.78 is 12.0. The van der Waals surface area contributed by atoms with Crippen molar-refractivity contribution in [1.82, 2.24) is 10.2 Å². The van der Waals surface area contributed by atoms with Crippen molar-refractivity contribution < 1.29 is 9.15 Å². The van der Waals surface area contributed by atoms with E-state index in [0.29, 0.717) is 18.3 Å². The lowest BCUT2D eigenvalue weighted by atomic mass is 10.2. The highest BCUT2D eigenvalue weighted by Gasteiger charge is 2.11. The molecule has 0 spiro atoms. The molecule has 1 aromatic heterocycles. The molecule has 0 amide bonds. The summed E-state index contributed by atoms with van der Waals surface area (Å²) in [6, 6.07) is 13.7. The third-order valence-electron chi connectivity index (χ3n) is 3.36. The van der Waals surface area contributed by atoms with Gasteiger partial charge in [0, 0.05) is 4.47 Å². The molecule has 2 aromatic carbocycles. The van der Waals surface area contributed by atoms with Crippen molar-refractivity contribution in [1.29, 1.82) is 0 Å². The van der Waals surface area contributed by atoms with Crippen LogP contribution >= 0.6 is 15.9 Å². The molecule has 1 heterocycles. The van der Waals surface area contributed by atoms with Gasteiger partial charge in [0.2, 0.25) is 11.8 Å². The van der Waals surface area contributed by atoms with E-state index < -0.39 is 0 Å². The molecule has 0 atom stereocenters. The molecule has 0 radical (unpaired) electrons. The van der Waals surface area contributed by atoms with Gasteiger partial charge in [0.1, 0.15) is 5.75 Å². The Bertz CT molecular complexity index is 817. The fourth-order valence-corrected chi connectivity index (χ4v) is 2.65. The number of aromatic nitrogens is 2. The predicted octanol–water partition coefficient (Wildman–Crippen LogP) is 4.43. The Morgan fingerprint density at radius 3 is 2.78 bits per heavy atom. The number of hydrogen-bond donors (Lipinski definition) is 1. The minimum atomic E-state index is 0.428. The van der Waals surface area contributed by atoms with Gasteiger partial charge in [0.25, 0.3) is 0 Å². The topological polar surface area (TPSA) is 60.2 Å². The molecule has 0 aliphatic carbocycles. The summed E-state index contributed by atoms with van der Waals surface area (Å²) in [6.07, 6.45) is 0. The molecule has 0 unspecified atom stereocenters. The predicted molar refractivity (Wildman–Crippen MR) is 92.5 cm³/mol. The van der Waals surface area contributed by atoms with E-state index in [9.17, 15) is 0 Å². The van der Waals surface area contributed by atoms with E-state index in [-0.39, 0.29) is 0 Å². The van der Waals surface area contributed by atoms with Gasteiger partial charge in [-0.05, 0) is 52.7 Å². The Hall–Kier alpha value is -2.34. The van der Waals surface area contributed by atoms with Gasteiger partial charge in [-0.1, -0.05) is 18.2 Å². The number of nitrogens with one attached hydrogen (secondary N) is 1. The van der Waals surface area contributed by atoms with E-state index >= 15 is 0 Å². The van der Waals surface area contributed by atoms with Gasteiger partial charge in [0.05, 0.1) is 24.9 Å². The van der Waals surface area contributed by atoms with Gasteiger partial charge in [-0.25, -0.2) is 0 Å². The van der Waals surface area contributed by atoms with Crippen molar-refractivity contribution in [3.05, 3.63) is 58.4 Å². The van der Waals surface area contributed by atoms with E-state index in [0.717, 1.165) is 27.0 Å². The molecule has 0 saturated heterocycles. The van der Waals surface area contributed by atoms with Crippen LogP contribution < -0.4 is 10.1 Å². The van der Waals surface area contributed by atoms with Crippen LogP contribution in [0.25, 0.3) is 11.5 Å². The first kappa shape index (κ1) is 15.6. The normalized spacial score (nSPS) is 10.6. The van der Waals surface area contributed by atoms with E-state index in [2.05, 4.69) is 31.4 Å². The summed E-state index contributed by atoms with van der Waals surface area (Å²) in [6.45, 7) is 2.46. The maximum absolute atomic E-state index is 5.72. The Morgan fingerprint density at radius 2 is 2.00 bits per heavy atom. The number of halogens is 1. The molecule has 0 aliphatic heterocycles. The van der Waals surface area contributed by atoms with Crippen LogP contribution in [0.3, 0.4) is 0 Å². The zero-order valence-corrected chi connectivity index (χ0v) is 14.4. The van der Waals surface area contributed by atoms with E-state index in [1.165, 1.54) is 0 Å². The van der Waals surface area contributed by atoms with E-state index in [4.69, 9.17) is 9.15 Å². The first-order valence-corrected chi connectivity index (χ1v) is 7.92. The Morgan fingerprint density at radius 1 is 1.17 bits per heavy atom. The van der Waals surface area contributed by atoms with Crippen LogP contribution in [0.15, 0.2) is 51.4 Å². The molecular formula is C17H16BrN3O2. The number of ether oxygens (including phenoxy) is 1. The molecule has 0 saturated carbocycles. The van der Waals surface area contributed by atoms with Crippen LogP contribution in [0.1, 0.15) is 11.5 Å². The Labute approximate surface area is 142 Å². The van der Waals surface area contributed by atoms with Gasteiger partial charge < -0.3 is 14.5 Å². The number of methoxy groups -OCH3 is 1. The lowest BCUT2D eigenvalue weighted by molar-refractivity contribution is 0.416. The number of hydrogen-bond acceptors (Lipinski definition) is 5. The lowest BCUT2D eigenvalue weighted by Gasteiger charge is -2.10. The third kappa shape index (κ3) is 3.53. The molecule has 3 rings (SSSR count). The molecule has 1 N–H and O–H groups in total. The summed E-state index contributed by atoms with van der Waals surface area (Å²) in [5.41, 5.74) is 2.92. The zero-order valence-electron chi connectivity index (χ0n) is 12.8. The average Bonchev–Trinajstić information content (AvgIpc) is 3.02. The first-order valence-electron chi connectivity index (χ1n) is 7.13. The molecule has 0 aliphatic rings. The van der Waals surface area contributed by atoms with Crippen molar-refractivity contribution in [2.45, 2.75) is 13.5 Å². The second kappa shape index (κ2) is 6.83. The number of rotatable bonds is 5. The summed E-state index contributed by atoms with van der Waals surface area (Å²) in [4.78, 5) is 0. The molecular weight excluding hydrogens is 358 g/mol. The summed E-state index contributed by atoms with van der Waals surface area (Å²) in [5, 5.41) is 11.5. The Balaban J connectivity index is 1.76. The fraction of sp³-hybridized carbons (Fsp3) is 0.176. The lowest BCUT2D eigenvalue weighted by Crippen LogP contribution is -2.02. The maximum Gasteiger partial charge on any atom is 0.248 e. The third-order valence-corrected chi connectivity index (χ3v) is 4.05. The minimum Gasteiger partial charge on any atom is -0.495 e. The van der Waals surface area contributed by atoms with Crippen LogP contribution in [-0.2, 0) is 6.54 Å². The minimum absolute atomic E-state index is 0.428. The van der Waals surface area contributed by atoms with Gasteiger partial charge in [-0.15, -0.1) is 10.2 Å². The van der Waals surface area contributed by atoms with Gasteiger partial charge in [-0.3, -0.25) is 0 Å². The smallest absolute Gasteiger partial charge is 0.248 e. The average molecular weight is 374 g/mol. The van der Waals surface area contributed by atoms with E-state index in [1.54, 1.807) is 7.11 Å². The van der Waals surface area contributed by atoms with Crippen LogP contribution in [0.2, 0.25) is 0 Å². The monoisotopic (exact) mass is 373 g/mol. The summed E-state index contributed by atoms with van der Waals surface area (Å²) >= 11 is 3.48. The molecule has 23 heavy (non-hydrogen) atoms. The molecule has 0 bridgehead atoms. The van der Waals surface area contributed by atoms with Crippen molar-refractivity contribution in [3.8, 4) is 17.2 Å². The highest BCUT2D eigenvalue weighted by Crippen LogP contribution is 2.28. The van der Waals surface area contributed by atoms with Crippen molar-refractivity contribution in [3.63, 3.8) is 0 Å². The van der Waals surface area contributed by atoms with Gasteiger partial charge in [0.15, 0.2) is 0 Å². The summed E-state index contributed by atoms with van der Waals surface area (Å²) in [7, 11) is 1.65. The van der Waals surface area contributed by atoms with Crippen molar-refractivity contribution in [2.75, 3.05) is 12.4 Å². The maximum atomic E-state index is 5.72. The molecule has 118 valence electrons. The Kier molecular flexibility index (Phi) is 4.62. The quantitative estimate of drug-likeness (QED) is 0.716.